The van der Waals surface area contributed by atoms with Crippen molar-refractivity contribution >= 4 is 21.6 Å². The van der Waals surface area contributed by atoms with Gasteiger partial charge in [-0.1, -0.05) is 20.3 Å². The van der Waals surface area contributed by atoms with Gasteiger partial charge in [0.1, 0.15) is 4.47 Å². The molecule has 1 saturated heterocycles. The van der Waals surface area contributed by atoms with E-state index in [-0.39, 0.29) is 11.0 Å². The smallest absolute Gasteiger partial charge is 0.283 e. The molecule has 0 radical (unpaired) electrons. The van der Waals surface area contributed by atoms with Crippen LogP contribution in [0.5, 0.6) is 0 Å². The standard InChI is InChI=1S/C15H25BrN4O/c1-3-4-9-20-14(21)13(16)12(10-19-20)18-11-15(2)5-7-17-8-6-15/h10,17-18H,3-9,11H2,1-2H3. The minimum absolute atomic E-state index is 0.0519. The molecule has 0 aliphatic carbocycles. The number of aryl methyl sites for hydroxylation is 1. The predicted molar refractivity (Wildman–Crippen MR) is 89.8 cm³/mol. The first-order valence-corrected chi connectivity index (χ1v) is 8.55. The van der Waals surface area contributed by atoms with E-state index >= 15 is 0 Å². The molecule has 0 unspecified atom stereocenters. The van der Waals surface area contributed by atoms with E-state index in [9.17, 15) is 4.79 Å². The van der Waals surface area contributed by atoms with Gasteiger partial charge in [-0.2, -0.15) is 5.10 Å². The van der Waals surface area contributed by atoms with Gasteiger partial charge in [0, 0.05) is 13.1 Å². The number of piperidine rings is 1. The largest absolute Gasteiger partial charge is 0.382 e. The Morgan fingerprint density at radius 2 is 2.19 bits per heavy atom. The summed E-state index contributed by atoms with van der Waals surface area (Å²) in [6, 6.07) is 0. The molecule has 2 heterocycles. The number of nitrogens with zero attached hydrogens (tertiary/aromatic N) is 2. The second kappa shape index (κ2) is 7.40. The molecule has 0 atom stereocenters. The summed E-state index contributed by atoms with van der Waals surface area (Å²) in [5, 5.41) is 11.0. The molecule has 0 spiro atoms. The summed E-state index contributed by atoms with van der Waals surface area (Å²) < 4.78 is 2.12. The number of hydrogen-bond acceptors (Lipinski definition) is 4. The van der Waals surface area contributed by atoms with E-state index in [1.165, 1.54) is 4.68 Å². The third kappa shape index (κ3) is 4.30. The summed E-state index contributed by atoms with van der Waals surface area (Å²) in [6.07, 6.45) is 6.08. The molecule has 2 rings (SSSR count). The van der Waals surface area contributed by atoms with Gasteiger partial charge in [0.25, 0.3) is 5.56 Å². The summed E-state index contributed by atoms with van der Waals surface area (Å²) in [5.74, 6) is 0. The summed E-state index contributed by atoms with van der Waals surface area (Å²) in [7, 11) is 0. The summed E-state index contributed by atoms with van der Waals surface area (Å²) in [4.78, 5) is 12.2. The van der Waals surface area contributed by atoms with Crippen molar-refractivity contribution in [3.63, 3.8) is 0 Å². The molecule has 6 heteroatoms. The summed E-state index contributed by atoms with van der Waals surface area (Å²) >= 11 is 3.42. The Kier molecular flexibility index (Phi) is 5.81. The highest BCUT2D eigenvalue weighted by atomic mass is 79.9. The average Bonchev–Trinajstić information content (AvgIpc) is 2.48. The van der Waals surface area contributed by atoms with Crippen LogP contribution in [-0.2, 0) is 6.54 Å². The minimum atomic E-state index is -0.0519. The molecule has 118 valence electrons. The third-order valence-corrected chi connectivity index (χ3v) is 4.99. The maximum atomic E-state index is 12.2. The second-order valence-corrected chi connectivity index (χ2v) is 6.96. The Morgan fingerprint density at radius 1 is 1.48 bits per heavy atom. The first-order chi connectivity index (χ1) is 10.1. The van der Waals surface area contributed by atoms with Crippen LogP contribution in [0, 0.1) is 5.41 Å². The fraction of sp³-hybridized carbons (Fsp3) is 0.733. The van der Waals surface area contributed by atoms with E-state index in [4.69, 9.17) is 0 Å². The Bertz CT molecular complexity index is 523. The highest BCUT2D eigenvalue weighted by Crippen LogP contribution is 2.29. The van der Waals surface area contributed by atoms with Crippen LogP contribution in [0.3, 0.4) is 0 Å². The lowest BCUT2D eigenvalue weighted by atomic mass is 9.81. The van der Waals surface area contributed by atoms with Crippen molar-refractivity contribution in [2.45, 2.75) is 46.1 Å². The first kappa shape index (κ1) is 16.5. The zero-order valence-corrected chi connectivity index (χ0v) is 14.5. The van der Waals surface area contributed by atoms with Crippen molar-refractivity contribution in [3.05, 3.63) is 21.0 Å². The van der Waals surface area contributed by atoms with Crippen molar-refractivity contribution in [1.29, 1.82) is 0 Å². The SMILES string of the molecule is CCCCn1ncc(NCC2(C)CCNCC2)c(Br)c1=O. The van der Waals surface area contributed by atoms with Crippen molar-refractivity contribution in [2.24, 2.45) is 5.41 Å². The van der Waals surface area contributed by atoms with Crippen LogP contribution in [0.15, 0.2) is 15.5 Å². The van der Waals surface area contributed by atoms with Gasteiger partial charge in [-0.25, -0.2) is 4.68 Å². The Balaban J connectivity index is 2.03. The number of hydrogen-bond donors (Lipinski definition) is 2. The van der Waals surface area contributed by atoms with E-state index < -0.39 is 0 Å². The number of aromatic nitrogens is 2. The lowest BCUT2D eigenvalue weighted by Gasteiger charge is -2.34. The van der Waals surface area contributed by atoms with Crippen LogP contribution in [0.2, 0.25) is 0 Å². The predicted octanol–water partition coefficient (Wildman–Crippen LogP) is 2.61. The number of rotatable bonds is 6. The van der Waals surface area contributed by atoms with E-state index in [0.717, 1.165) is 51.0 Å². The van der Waals surface area contributed by atoms with Crippen LogP contribution in [0.1, 0.15) is 39.5 Å². The maximum absolute atomic E-state index is 12.2. The molecular weight excluding hydrogens is 332 g/mol. The number of anilines is 1. The molecule has 5 nitrogen and oxygen atoms in total. The van der Waals surface area contributed by atoms with Crippen molar-refractivity contribution < 1.29 is 0 Å². The van der Waals surface area contributed by atoms with Gasteiger partial charge in [0.2, 0.25) is 0 Å². The van der Waals surface area contributed by atoms with Crippen molar-refractivity contribution in [1.82, 2.24) is 15.1 Å². The van der Waals surface area contributed by atoms with E-state index in [2.05, 4.69) is 45.5 Å². The molecule has 2 N–H and O–H groups in total. The second-order valence-electron chi connectivity index (χ2n) is 6.17. The van der Waals surface area contributed by atoms with Gasteiger partial charge < -0.3 is 10.6 Å². The Hall–Kier alpha value is -0.880. The van der Waals surface area contributed by atoms with Crippen LogP contribution in [-0.4, -0.2) is 29.4 Å². The summed E-state index contributed by atoms with van der Waals surface area (Å²) in [5.41, 5.74) is 1.03. The normalized spacial score (nSPS) is 17.7. The fourth-order valence-electron chi connectivity index (χ4n) is 2.57. The maximum Gasteiger partial charge on any atom is 0.283 e. The van der Waals surface area contributed by atoms with Crippen LogP contribution in [0.4, 0.5) is 5.69 Å². The molecule has 0 aromatic carbocycles. The summed E-state index contributed by atoms with van der Waals surface area (Å²) in [6.45, 7) is 8.08. The Labute approximate surface area is 134 Å². The first-order valence-electron chi connectivity index (χ1n) is 7.76. The fourth-order valence-corrected chi connectivity index (χ4v) is 3.02. The molecule has 0 saturated carbocycles. The van der Waals surface area contributed by atoms with Crippen molar-refractivity contribution in [2.75, 3.05) is 25.0 Å². The Morgan fingerprint density at radius 3 is 2.86 bits per heavy atom. The lowest BCUT2D eigenvalue weighted by molar-refractivity contribution is 0.247. The van der Waals surface area contributed by atoms with E-state index in [1.807, 2.05) is 0 Å². The quantitative estimate of drug-likeness (QED) is 0.822. The zero-order valence-electron chi connectivity index (χ0n) is 12.9. The molecule has 0 amide bonds. The van der Waals surface area contributed by atoms with Gasteiger partial charge in [-0.05, 0) is 53.7 Å². The molecule has 0 bridgehead atoms. The highest BCUT2D eigenvalue weighted by molar-refractivity contribution is 9.10. The molecule has 21 heavy (non-hydrogen) atoms. The highest BCUT2D eigenvalue weighted by Gasteiger charge is 2.26. The third-order valence-electron chi connectivity index (χ3n) is 4.22. The van der Waals surface area contributed by atoms with Gasteiger partial charge in [-0.3, -0.25) is 4.79 Å². The molecular formula is C15H25BrN4O. The lowest BCUT2D eigenvalue weighted by Crippen LogP contribution is -2.39. The van der Waals surface area contributed by atoms with Gasteiger partial charge >= 0.3 is 0 Å². The van der Waals surface area contributed by atoms with Gasteiger partial charge in [0.15, 0.2) is 0 Å². The van der Waals surface area contributed by atoms with Gasteiger partial charge in [0.05, 0.1) is 11.9 Å². The molecule has 1 aromatic rings. The van der Waals surface area contributed by atoms with E-state index in [0.29, 0.717) is 11.0 Å². The van der Waals surface area contributed by atoms with Crippen LogP contribution < -0.4 is 16.2 Å². The van der Waals surface area contributed by atoms with Gasteiger partial charge in [-0.15, -0.1) is 0 Å². The molecule has 1 fully saturated rings. The molecule has 1 aliphatic heterocycles. The van der Waals surface area contributed by atoms with Crippen LogP contribution in [0.25, 0.3) is 0 Å². The number of nitrogens with one attached hydrogen (secondary N) is 2. The van der Waals surface area contributed by atoms with Crippen LogP contribution >= 0.6 is 15.9 Å². The number of unbranched alkanes of at least 4 members (excludes halogenated alkanes) is 1. The molecule has 1 aromatic heterocycles. The monoisotopic (exact) mass is 356 g/mol. The average molecular weight is 357 g/mol. The zero-order chi connectivity index (χ0) is 15.3. The number of halogens is 1. The molecule has 1 aliphatic rings. The minimum Gasteiger partial charge on any atom is -0.382 e. The van der Waals surface area contributed by atoms with E-state index in [1.54, 1.807) is 6.20 Å². The topological polar surface area (TPSA) is 59.0 Å². The van der Waals surface area contributed by atoms with Crippen molar-refractivity contribution in [3.8, 4) is 0 Å².